The summed E-state index contributed by atoms with van der Waals surface area (Å²) in [7, 11) is -7.64. The molecule has 0 saturated heterocycles. The lowest BCUT2D eigenvalue weighted by molar-refractivity contribution is -0.120. The number of anilines is 1. The van der Waals surface area contributed by atoms with E-state index in [9.17, 15) is 22.9 Å². The number of aliphatic hydroxyl groups excluding tert-OH is 1. The van der Waals surface area contributed by atoms with E-state index in [-0.39, 0.29) is 52.8 Å². The number of carbonyl (C=O) groups is 1. The van der Waals surface area contributed by atoms with E-state index in [2.05, 4.69) is 23.6 Å². The predicted octanol–water partition coefficient (Wildman–Crippen LogP) is 5.18. The minimum atomic E-state index is -3.99. The standard InChI is InChI=1S/C28H38N3O7PS/c1-7-37-39(34,38-8-2)23-17-19(31-40(6,35)36)13-14-22(23)30-27(29)24-25(32)20-11-9-10-12-21(20)28(5,26(24)33)16-15-18(3)4/h9-14,17-18,31-32H,7-8,15-16H2,1-6H3,(H2,29,30). The number of carbonyl (C=O) groups excluding carboxylic acids is 1. The average molecular weight is 592 g/mol. The summed E-state index contributed by atoms with van der Waals surface area (Å²) in [5.74, 6) is -0.602. The van der Waals surface area contributed by atoms with Crippen molar-refractivity contribution in [3.63, 3.8) is 0 Å². The highest BCUT2D eigenvalue weighted by Gasteiger charge is 2.45. The van der Waals surface area contributed by atoms with Crippen LogP contribution in [0.2, 0.25) is 0 Å². The second-order valence-corrected chi connectivity index (χ2v) is 14.0. The number of nitrogens with one attached hydrogen (secondary N) is 1. The van der Waals surface area contributed by atoms with Crippen LogP contribution in [-0.4, -0.2) is 44.6 Å². The number of aliphatic hydroxyl groups is 1. The molecule has 0 aromatic heterocycles. The number of aliphatic imine (C=N–C) groups is 1. The number of hydrogen-bond acceptors (Lipinski definition) is 8. The summed E-state index contributed by atoms with van der Waals surface area (Å²) in [6.07, 6.45) is 2.29. The number of nitrogens with zero attached hydrogens (tertiary/aromatic N) is 1. The first kappa shape index (κ1) is 31.5. The molecule has 218 valence electrons. The highest BCUT2D eigenvalue weighted by Crippen LogP contribution is 2.50. The quantitative estimate of drug-likeness (QED) is 0.173. The molecule has 1 aliphatic rings. The van der Waals surface area contributed by atoms with Crippen LogP contribution in [0.1, 0.15) is 58.6 Å². The molecule has 0 radical (unpaired) electrons. The smallest absolute Gasteiger partial charge is 0.363 e. The molecule has 2 aromatic rings. The number of ketones is 1. The van der Waals surface area contributed by atoms with Gasteiger partial charge >= 0.3 is 7.60 Å². The van der Waals surface area contributed by atoms with Gasteiger partial charge in [0.25, 0.3) is 0 Å². The van der Waals surface area contributed by atoms with Gasteiger partial charge in [-0.1, -0.05) is 38.1 Å². The van der Waals surface area contributed by atoms with Crippen molar-refractivity contribution in [2.24, 2.45) is 16.6 Å². The second kappa shape index (κ2) is 12.3. The van der Waals surface area contributed by atoms with Crippen LogP contribution in [0.25, 0.3) is 5.76 Å². The second-order valence-electron chi connectivity index (χ2n) is 10.3. The lowest BCUT2D eigenvalue weighted by Gasteiger charge is -2.36. The normalized spacial score (nSPS) is 18.3. The largest absolute Gasteiger partial charge is 0.506 e. The monoisotopic (exact) mass is 591 g/mol. The predicted molar refractivity (Wildman–Crippen MR) is 159 cm³/mol. The van der Waals surface area contributed by atoms with E-state index in [1.165, 1.54) is 18.2 Å². The van der Waals surface area contributed by atoms with E-state index >= 15 is 0 Å². The molecule has 12 heteroatoms. The molecule has 0 heterocycles. The van der Waals surface area contributed by atoms with E-state index in [1.54, 1.807) is 26.0 Å². The molecule has 0 fully saturated rings. The molecule has 0 aliphatic heterocycles. The van der Waals surface area contributed by atoms with Gasteiger partial charge in [0.1, 0.15) is 17.2 Å². The minimum Gasteiger partial charge on any atom is -0.506 e. The van der Waals surface area contributed by atoms with Crippen molar-refractivity contribution in [3.8, 4) is 0 Å². The number of rotatable bonds is 12. The molecule has 1 aliphatic carbocycles. The van der Waals surface area contributed by atoms with E-state index < -0.39 is 23.0 Å². The Morgan fingerprint density at radius 3 is 2.35 bits per heavy atom. The molecule has 0 spiro atoms. The van der Waals surface area contributed by atoms with Gasteiger partial charge in [0, 0.05) is 11.3 Å². The molecule has 0 saturated carbocycles. The van der Waals surface area contributed by atoms with E-state index in [0.29, 0.717) is 23.5 Å². The molecule has 3 rings (SSSR count). The molecular formula is C28H38N3O7PS. The van der Waals surface area contributed by atoms with Gasteiger partial charge in [-0.05, 0) is 63.3 Å². The summed E-state index contributed by atoms with van der Waals surface area (Å²) in [6, 6.07) is 11.3. The summed E-state index contributed by atoms with van der Waals surface area (Å²) in [5.41, 5.74) is 6.68. The van der Waals surface area contributed by atoms with Gasteiger partial charge < -0.3 is 19.9 Å². The maximum atomic E-state index is 14.0. The molecule has 4 N–H and O–H groups in total. The summed E-state index contributed by atoms with van der Waals surface area (Å²) >= 11 is 0. The number of fused-ring (bicyclic) bond motifs is 1. The van der Waals surface area contributed by atoms with E-state index in [4.69, 9.17) is 14.8 Å². The zero-order valence-corrected chi connectivity index (χ0v) is 25.4. The fraction of sp³-hybridized carbons (Fsp3) is 0.429. The Morgan fingerprint density at radius 1 is 1.15 bits per heavy atom. The van der Waals surface area contributed by atoms with Gasteiger partial charge in [-0.15, -0.1) is 0 Å². The van der Waals surface area contributed by atoms with Crippen molar-refractivity contribution in [3.05, 3.63) is 59.2 Å². The van der Waals surface area contributed by atoms with Crippen LogP contribution >= 0.6 is 7.60 Å². The van der Waals surface area contributed by atoms with Gasteiger partial charge in [-0.3, -0.25) is 14.1 Å². The van der Waals surface area contributed by atoms with Crippen LogP contribution in [0.3, 0.4) is 0 Å². The molecule has 1 atom stereocenters. The molecular weight excluding hydrogens is 553 g/mol. The first-order valence-corrected chi connectivity index (χ1v) is 16.5. The first-order chi connectivity index (χ1) is 18.7. The Labute approximate surface area is 236 Å². The third-order valence-corrected chi connectivity index (χ3v) is 9.38. The van der Waals surface area contributed by atoms with Crippen molar-refractivity contribution in [2.45, 2.75) is 52.9 Å². The lowest BCUT2D eigenvalue weighted by Crippen LogP contribution is -2.42. The number of hydrogen-bond donors (Lipinski definition) is 3. The third kappa shape index (κ3) is 6.66. The van der Waals surface area contributed by atoms with Crippen LogP contribution in [0.15, 0.2) is 53.0 Å². The third-order valence-electron chi connectivity index (χ3n) is 6.63. The first-order valence-electron chi connectivity index (χ1n) is 13.1. The van der Waals surface area contributed by atoms with Gasteiger partial charge in [-0.2, -0.15) is 0 Å². The zero-order chi connectivity index (χ0) is 29.9. The van der Waals surface area contributed by atoms with Crippen LogP contribution in [0.5, 0.6) is 0 Å². The van der Waals surface area contributed by atoms with Gasteiger partial charge in [0.05, 0.1) is 35.9 Å². The topological polar surface area (TPSA) is 157 Å². The maximum Gasteiger partial charge on any atom is 0.363 e. The molecule has 0 amide bonds. The van der Waals surface area contributed by atoms with E-state index in [0.717, 1.165) is 12.7 Å². The Bertz CT molecular complexity index is 1490. The highest BCUT2D eigenvalue weighted by molar-refractivity contribution is 7.92. The summed E-state index contributed by atoms with van der Waals surface area (Å²) in [5, 5.41) is 11.2. The molecule has 40 heavy (non-hydrogen) atoms. The van der Waals surface area contributed by atoms with E-state index in [1.807, 2.05) is 19.1 Å². The molecule has 2 aromatic carbocycles. The summed E-state index contributed by atoms with van der Waals surface area (Å²) in [4.78, 5) is 18.4. The van der Waals surface area contributed by atoms with Crippen molar-refractivity contribution in [1.82, 2.24) is 0 Å². The van der Waals surface area contributed by atoms with Crippen molar-refractivity contribution >= 4 is 51.7 Å². The maximum absolute atomic E-state index is 14.0. The number of benzene rings is 2. The molecule has 0 bridgehead atoms. The Hall–Kier alpha value is -2.98. The number of nitrogens with two attached hydrogens (primary N) is 1. The average Bonchev–Trinajstić information content (AvgIpc) is 2.87. The summed E-state index contributed by atoms with van der Waals surface area (Å²) < 4.78 is 50.8. The van der Waals surface area contributed by atoms with Gasteiger partial charge in [0.2, 0.25) is 10.0 Å². The van der Waals surface area contributed by atoms with Crippen LogP contribution < -0.4 is 15.8 Å². The van der Waals surface area contributed by atoms with Gasteiger partial charge in [0.15, 0.2) is 5.78 Å². The van der Waals surface area contributed by atoms with Crippen molar-refractivity contribution in [1.29, 1.82) is 0 Å². The fourth-order valence-corrected chi connectivity index (χ4v) is 6.98. The Morgan fingerprint density at radius 2 is 1.77 bits per heavy atom. The Kier molecular flexibility index (Phi) is 9.67. The lowest BCUT2D eigenvalue weighted by atomic mass is 9.66. The van der Waals surface area contributed by atoms with Crippen molar-refractivity contribution < 1.29 is 31.9 Å². The van der Waals surface area contributed by atoms with Gasteiger partial charge in [-0.25, -0.2) is 13.4 Å². The SMILES string of the molecule is CCOP(=O)(OCC)c1cc(NS(C)(=O)=O)ccc1N=C(N)C1=C(O)c2ccccc2C(C)(CCC(C)C)C1=O. The Balaban J connectivity index is 2.24. The summed E-state index contributed by atoms with van der Waals surface area (Å²) in [6.45, 7) is 9.34. The molecule has 1 unspecified atom stereocenters. The van der Waals surface area contributed by atoms with Crippen LogP contribution in [0, 0.1) is 5.92 Å². The van der Waals surface area contributed by atoms with Crippen LogP contribution in [-0.2, 0) is 33.8 Å². The fourth-order valence-electron chi connectivity index (χ4n) is 4.69. The number of amidine groups is 1. The molecule has 10 nitrogen and oxygen atoms in total. The number of sulfonamides is 1. The van der Waals surface area contributed by atoms with Crippen molar-refractivity contribution in [2.75, 3.05) is 24.2 Å². The minimum absolute atomic E-state index is 0.0368. The van der Waals surface area contributed by atoms with Crippen LogP contribution in [0.4, 0.5) is 11.4 Å². The highest BCUT2D eigenvalue weighted by atomic mass is 32.2. The zero-order valence-electron chi connectivity index (χ0n) is 23.7. The number of Topliss-reactive ketones (excluding diaryl/α,β-unsaturated/α-hetero) is 1.